The first kappa shape index (κ1) is 16.3. The molecule has 0 saturated heterocycles. The maximum Gasteiger partial charge on any atom is 0.138 e. The van der Waals surface area contributed by atoms with E-state index >= 15 is 0 Å². The van der Waals surface area contributed by atoms with Crippen molar-refractivity contribution in [1.82, 2.24) is 10.2 Å². The van der Waals surface area contributed by atoms with Gasteiger partial charge in [-0.2, -0.15) is 0 Å². The largest absolute Gasteiger partial charge is 0.491 e. The number of hydrogen-bond donors (Lipinski definition) is 1. The Labute approximate surface area is 121 Å². The summed E-state index contributed by atoms with van der Waals surface area (Å²) in [6, 6.07) is 5.83. The molecule has 0 aliphatic heterocycles. The number of hydrogen-bond acceptors (Lipinski definition) is 3. The molecule has 0 aliphatic rings. The van der Waals surface area contributed by atoms with Crippen LogP contribution >= 0.6 is 11.6 Å². The molecule has 0 bridgehead atoms. The van der Waals surface area contributed by atoms with E-state index in [1.807, 2.05) is 25.1 Å². The second-order valence-corrected chi connectivity index (χ2v) is 4.97. The maximum absolute atomic E-state index is 6.06. The summed E-state index contributed by atoms with van der Waals surface area (Å²) in [7, 11) is 0. The van der Waals surface area contributed by atoms with Gasteiger partial charge in [0.2, 0.25) is 0 Å². The molecule has 0 atom stereocenters. The third kappa shape index (κ3) is 6.28. The van der Waals surface area contributed by atoms with E-state index < -0.39 is 0 Å². The fourth-order valence-electron chi connectivity index (χ4n) is 1.86. The number of benzene rings is 1. The molecule has 0 aromatic heterocycles. The molecular weight excluding hydrogens is 260 g/mol. The highest BCUT2D eigenvalue weighted by atomic mass is 35.5. The highest BCUT2D eigenvalue weighted by Crippen LogP contribution is 2.24. The molecule has 19 heavy (non-hydrogen) atoms. The van der Waals surface area contributed by atoms with Gasteiger partial charge >= 0.3 is 0 Å². The highest BCUT2D eigenvalue weighted by Gasteiger charge is 2.01. The van der Waals surface area contributed by atoms with Crippen LogP contribution in [0.15, 0.2) is 18.2 Å². The minimum Gasteiger partial charge on any atom is -0.491 e. The lowest BCUT2D eigenvalue weighted by Crippen LogP contribution is -2.33. The minimum absolute atomic E-state index is 0.640. The average molecular weight is 285 g/mol. The number of ether oxygens (including phenoxy) is 1. The van der Waals surface area contributed by atoms with Crippen molar-refractivity contribution in [3.05, 3.63) is 28.8 Å². The van der Waals surface area contributed by atoms with Crippen LogP contribution in [0.5, 0.6) is 5.75 Å². The summed E-state index contributed by atoms with van der Waals surface area (Å²) in [5.74, 6) is 0.771. The van der Waals surface area contributed by atoms with Gasteiger partial charge in [0.15, 0.2) is 0 Å². The van der Waals surface area contributed by atoms with Crippen LogP contribution in [-0.2, 0) is 0 Å². The average Bonchev–Trinajstić information content (AvgIpc) is 2.42. The van der Waals surface area contributed by atoms with Gasteiger partial charge in [-0.05, 0) is 37.7 Å². The lowest BCUT2D eigenvalue weighted by molar-refractivity contribution is 0.285. The number of nitrogens with one attached hydrogen (secondary N) is 1. The highest BCUT2D eigenvalue weighted by molar-refractivity contribution is 6.32. The van der Waals surface area contributed by atoms with Crippen molar-refractivity contribution in [3.8, 4) is 5.75 Å². The van der Waals surface area contributed by atoms with Gasteiger partial charge < -0.3 is 15.0 Å². The van der Waals surface area contributed by atoms with Crippen molar-refractivity contribution in [3.63, 3.8) is 0 Å². The second-order valence-electron chi connectivity index (χ2n) is 4.56. The summed E-state index contributed by atoms with van der Waals surface area (Å²) < 4.78 is 5.67. The van der Waals surface area contributed by atoms with Gasteiger partial charge in [-0.1, -0.05) is 31.5 Å². The van der Waals surface area contributed by atoms with Crippen LogP contribution in [0.3, 0.4) is 0 Å². The molecule has 1 rings (SSSR count). The van der Waals surface area contributed by atoms with Gasteiger partial charge in [-0.15, -0.1) is 0 Å². The SMILES string of the molecule is CCN(CC)CCNCCOc1cc(C)ccc1Cl. The molecule has 3 nitrogen and oxygen atoms in total. The Bertz CT molecular complexity index is 367. The minimum atomic E-state index is 0.640. The fourth-order valence-corrected chi connectivity index (χ4v) is 2.03. The van der Waals surface area contributed by atoms with Crippen molar-refractivity contribution in [2.24, 2.45) is 0 Å². The Balaban J connectivity index is 2.15. The summed E-state index contributed by atoms with van der Waals surface area (Å²) in [6.45, 7) is 12.2. The van der Waals surface area contributed by atoms with Crippen LogP contribution in [0.1, 0.15) is 19.4 Å². The summed E-state index contributed by atoms with van der Waals surface area (Å²) in [4.78, 5) is 2.39. The molecule has 0 aliphatic carbocycles. The first-order valence-electron chi connectivity index (χ1n) is 6.99. The number of halogens is 1. The third-order valence-corrected chi connectivity index (χ3v) is 3.43. The Kier molecular flexibility index (Phi) is 7.87. The predicted octanol–water partition coefficient (Wildman–Crippen LogP) is 2.96. The van der Waals surface area contributed by atoms with Crippen molar-refractivity contribution < 1.29 is 4.74 Å². The van der Waals surface area contributed by atoms with Crippen LogP contribution in [-0.4, -0.2) is 44.2 Å². The van der Waals surface area contributed by atoms with Crippen LogP contribution in [0.4, 0.5) is 0 Å². The molecule has 0 unspecified atom stereocenters. The van der Waals surface area contributed by atoms with Gasteiger partial charge in [-0.3, -0.25) is 0 Å². The van der Waals surface area contributed by atoms with E-state index in [1.54, 1.807) is 0 Å². The lowest BCUT2D eigenvalue weighted by atomic mass is 10.2. The molecule has 108 valence electrons. The number of nitrogens with zero attached hydrogens (tertiary/aromatic N) is 1. The van der Waals surface area contributed by atoms with Gasteiger partial charge in [0.05, 0.1) is 5.02 Å². The molecule has 0 spiro atoms. The summed E-state index contributed by atoms with van der Waals surface area (Å²) in [5.41, 5.74) is 1.16. The quantitative estimate of drug-likeness (QED) is 0.706. The van der Waals surface area contributed by atoms with E-state index in [0.717, 1.165) is 44.0 Å². The summed E-state index contributed by atoms with van der Waals surface area (Å²) in [5, 5.41) is 4.05. The van der Waals surface area contributed by atoms with E-state index in [4.69, 9.17) is 16.3 Å². The molecular formula is C15H25ClN2O. The Morgan fingerprint density at radius 3 is 2.63 bits per heavy atom. The standard InChI is InChI=1S/C15H25ClN2O/c1-4-18(5-2)10-8-17-9-11-19-15-12-13(3)6-7-14(15)16/h6-7,12,17H,4-5,8-11H2,1-3H3. The first-order chi connectivity index (χ1) is 9.17. The Morgan fingerprint density at radius 2 is 1.95 bits per heavy atom. The zero-order chi connectivity index (χ0) is 14.1. The van der Waals surface area contributed by atoms with Crippen molar-refractivity contribution in [1.29, 1.82) is 0 Å². The molecule has 4 heteroatoms. The van der Waals surface area contributed by atoms with E-state index in [0.29, 0.717) is 11.6 Å². The van der Waals surface area contributed by atoms with E-state index in [1.165, 1.54) is 0 Å². The summed E-state index contributed by atoms with van der Waals surface area (Å²) >= 11 is 6.06. The third-order valence-electron chi connectivity index (χ3n) is 3.12. The van der Waals surface area contributed by atoms with Crippen LogP contribution in [0, 0.1) is 6.92 Å². The Morgan fingerprint density at radius 1 is 1.21 bits per heavy atom. The smallest absolute Gasteiger partial charge is 0.138 e. The van der Waals surface area contributed by atoms with Gasteiger partial charge in [-0.25, -0.2) is 0 Å². The van der Waals surface area contributed by atoms with Gasteiger partial charge in [0.1, 0.15) is 12.4 Å². The lowest BCUT2D eigenvalue weighted by Gasteiger charge is -2.18. The van der Waals surface area contributed by atoms with Crippen LogP contribution in [0.25, 0.3) is 0 Å². The molecule has 0 radical (unpaired) electrons. The molecule has 1 aromatic carbocycles. The molecule has 0 saturated carbocycles. The number of likely N-dealkylation sites (N-methyl/N-ethyl adjacent to an activating group) is 1. The van der Waals surface area contributed by atoms with Gasteiger partial charge in [0, 0.05) is 19.6 Å². The molecule has 1 N–H and O–H groups in total. The van der Waals surface area contributed by atoms with Crippen molar-refractivity contribution in [2.45, 2.75) is 20.8 Å². The maximum atomic E-state index is 6.06. The fraction of sp³-hybridized carbons (Fsp3) is 0.600. The van der Waals surface area contributed by atoms with Crippen LogP contribution in [0.2, 0.25) is 5.02 Å². The second kappa shape index (κ2) is 9.18. The molecule has 0 fully saturated rings. The van der Waals surface area contributed by atoms with E-state index in [2.05, 4.69) is 24.1 Å². The van der Waals surface area contributed by atoms with Crippen LogP contribution < -0.4 is 10.1 Å². The Hall–Kier alpha value is -0.770. The van der Waals surface area contributed by atoms with Crippen molar-refractivity contribution >= 4 is 11.6 Å². The monoisotopic (exact) mass is 284 g/mol. The van der Waals surface area contributed by atoms with E-state index in [-0.39, 0.29) is 0 Å². The zero-order valence-electron chi connectivity index (χ0n) is 12.2. The van der Waals surface area contributed by atoms with Gasteiger partial charge in [0.25, 0.3) is 0 Å². The van der Waals surface area contributed by atoms with Crippen molar-refractivity contribution in [2.75, 3.05) is 39.3 Å². The molecule has 1 aromatic rings. The topological polar surface area (TPSA) is 24.5 Å². The molecule has 0 amide bonds. The first-order valence-corrected chi connectivity index (χ1v) is 7.37. The normalized spacial score (nSPS) is 11.0. The predicted molar refractivity (Wildman–Crippen MR) is 82.3 cm³/mol. The zero-order valence-corrected chi connectivity index (χ0v) is 13.0. The number of rotatable bonds is 9. The number of aryl methyl sites for hydroxylation is 1. The van der Waals surface area contributed by atoms with E-state index in [9.17, 15) is 0 Å². The molecule has 0 heterocycles. The summed E-state index contributed by atoms with van der Waals surface area (Å²) in [6.07, 6.45) is 0.